The van der Waals surface area contributed by atoms with Gasteiger partial charge in [0.15, 0.2) is 0 Å². The summed E-state index contributed by atoms with van der Waals surface area (Å²) in [6.45, 7) is 4.27. The molecule has 1 rings (SSSR count). The number of carbonyl (C=O) groups is 1. The molecule has 18 heavy (non-hydrogen) atoms. The van der Waals surface area contributed by atoms with E-state index in [1.807, 2.05) is 13.8 Å². The van der Waals surface area contributed by atoms with Gasteiger partial charge >= 0.3 is 5.97 Å². The van der Waals surface area contributed by atoms with Gasteiger partial charge in [0, 0.05) is 18.5 Å². The second-order valence-corrected chi connectivity index (χ2v) is 3.71. The second kappa shape index (κ2) is 6.75. The maximum atomic E-state index is 11.0. The van der Waals surface area contributed by atoms with Gasteiger partial charge in [-0.25, -0.2) is 15.8 Å². The van der Waals surface area contributed by atoms with E-state index in [9.17, 15) is 4.79 Å². The average Bonchev–Trinajstić information content (AvgIpc) is 2.40. The predicted octanol–water partition coefficient (Wildman–Crippen LogP) is 0.608. The first kappa shape index (κ1) is 14.2. The first-order chi connectivity index (χ1) is 8.62. The number of hydrazine groups is 1. The summed E-state index contributed by atoms with van der Waals surface area (Å²) in [5, 5.41) is 3.08. The number of nitrogens with one attached hydrogen (secondary N) is 2. The van der Waals surface area contributed by atoms with Gasteiger partial charge in [-0.15, -0.1) is 0 Å². The average molecular weight is 253 g/mol. The van der Waals surface area contributed by atoms with Gasteiger partial charge in [0.1, 0.15) is 17.5 Å². The van der Waals surface area contributed by atoms with Crippen molar-refractivity contribution in [2.75, 3.05) is 24.4 Å². The number of aromatic nitrogens is 2. The normalized spacial score (nSPS) is 10.0. The molecule has 0 atom stereocenters. The van der Waals surface area contributed by atoms with Crippen LogP contribution in [0.15, 0.2) is 0 Å². The first-order valence-electron chi connectivity index (χ1n) is 5.77. The minimum atomic E-state index is -0.262. The van der Waals surface area contributed by atoms with Crippen LogP contribution in [0.4, 0.5) is 11.6 Å². The van der Waals surface area contributed by atoms with E-state index < -0.39 is 0 Å². The van der Waals surface area contributed by atoms with Gasteiger partial charge in [-0.2, -0.15) is 0 Å². The molecule has 1 aromatic rings. The molecule has 4 N–H and O–H groups in total. The maximum absolute atomic E-state index is 11.0. The topological polar surface area (TPSA) is 102 Å². The van der Waals surface area contributed by atoms with Crippen LogP contribution in [0.3, 0.4) is 0 Å². The van der Waals surface area contributed by atoms with E-state index in [4.69, 9.17) is 5.84 Å². The van der Waals surface area contributed by atoms with Crippen molar-refractivity contribution in [3.8, 4) is 0 Å². The molecule has 1 heterocycles. The fourth-order valence-corrected chi connectivity index (χ4v) is 1.42. The number of nitrogens with zero attached hydrogens (tertiary/aromatic N) is 2. The summed E-state index contributed by atoms with van der Waals surface area (Å²) < 4.78 is 4.56. The van der Waals surface area contributed by atoms with E-state index in [1.54, 1.807) is 0 Å². The molecule has 0 saturated heterocycles. The van der Waals surface area contributed by atoms with Gasteiger partial charge < -0.3 is 15.5 Å². The van der Waals surface area contributed by atoms with Crippen molar-refractivity contribution in [2.24, 2.45) is 5.84 Å². The molecule has 100 valence electrons. The van der Waals surface area contributed by atoms with E-state index in [0.29, 0.717) is 30.4 Å². The Bertz CT molecular complexity index is 422. The standard InChI is InChI=1S/C11H19N5O2/c1-4-8-14-10(7(2)11(15-8)16-12)13-6-5-9(17)18-3/h4-6,12H2,1-3H3,(H2,13,14,15,16). The highest BCUT2D eigenvalue weighted by atomic mass is 16.5. The summed E-state index contributed by atoms with van der Waals surface area (Å²) in [7, 11) is 1.36. The van der Waals surface area contributed by atoms with Crippen molar-refractivity contribution in [1.29, 1.82) is 0 Å². The molecular weight excluding hydrogens is 234 g/mol. The number of methoxy groups -OCH3 is 1. The van der Waals surface area contributed by atoms with Gasteiger partial charge in [0.2, 0.25) is 0 Å². The SMILES string of the molecule is CCc1nc(NN)c(C)c(NCCC(=O)OC)n1. The molecule has 7 nitrogen and oxygen atoms in total. The molecule has 0 aliphatic carbocycles. The number of hydrogen-bond acceptors (Lipinski definition) is 7. The summed E-state index contributed by atoms with van der Waals surface area (Å²) >= 11 is 0. The quantitative estimate of drug-likeness (QED) is 0.388. The monoisotopic (exact) mass is 253 g/mol. The van der Waals surface area contributed by atoms with E-state index in [1.165, 1.54) is 7.11 Å². The van der Waals surface area contributed by atoms with Crippen LogP contribution in [0.1, 0.15) is 24.7 Å². The minimum absolute atomic E-state index is 0.262. The second-order valence-electron chi connectivity index (χ2n) is 3.71. The van der Waals surface area contributed by atoms with Crippen LogP contribution >= 0.6 is 0 Å². The van der Waals surface area contributed by atoms with Crippen molar-refractivity contribution in [1.82, 2.24) is 9.97 Å². The number of rotatable bonds is 6. The van der Waals surface area contributed by atoms with Crippen LogP contribution in [0.25, 0.3) is 0 Å². The number of anilines is 2. The maximum Gasteiger partial charge on any atom is 0.307 e. The molecule has 0 radical (unpaired) electrons. The Morgan fingerprint density at radius 2 is 2.06 bits per heavy atom. The molecule has 0 amide bonds. The molecule has 0 fully saturated rings. The lowest BCUT2D eigenvalue weighted by Gasteiger charge is -2.12. The van der Waals surface area contributed by atoms with Crippen molar-refractivity contribution >= 4 is 17.6 Å². The molecular formula is C11H19N5O2. The number of ether oxygens (including phenoxy) is 1. The van der Waals surface area contributed by atoms with Crippen LogP contribution < -0.4 is 16.6 Å². The van der Waals surface area contributed by atoms with E-state index in [2.05, 4.69) is 25.4 Å². The van der Waals surface area contributed by atoms with Crippen LogP contribution in [-0.4, -0.2) is 29.6 Å². The van der Waals surface area contributed by atoms with Crippen molar-refractivity contribution in [3.05, 3.63) is 11.4 Å². The van der Waals surface area contributed by atoms with Crippen LogP contribution in [-0.2, 0) is 16.0 Å². The summed E-state index contributed by atoms with van der Waals surface area (Å²) in [5.41, 5.74) is 3.36. The third-order valence-electron chi connectivity index (χ3n) is 2.49. The Balaban J connectivity index is 2.77. The number of aryl methyl sites for hydroxylation is 1. The lowest BCUT2D eigenvalue weighted by molar-refractivity contribution is -0.140. The number of nitrogen functional groups attached to an aromatic ring is 1. The van der Waals surface area contributed by atoms with E-state index >= 15 is 0 Å². The smallest absolute Gasteiger partial charge is 0.307 e. The van der Waals surface area contributed by atoms with Crippen molar-refractivity contribution in [2.45, 2.75) is 26.7 Å². The molecule has 1 aromatic heterocycles. The lowest BCUT2D eigenvalue weighted by atomic mass is 10.3. The zero-order valence-corrected chi connectivity index (χ0v) is 10.9. The van der Waals surface area contributed by atoms with Crippen molar-refractivity contribution < 1.29 is 9.53 Å². The van der Waals surface area contributed by atoms with Crippen LogP contribution in [0, 0.1) is 6.92 Å². The van der Waals surface area contributed by atoms with E-state index in [0.717, 1.165) is 5.56 Å². The summed E-state index contributed by atoms with van der Waals surface area (Å²) in [5.74, 6) is 7.09. The van der Waals surface area contributed by atoms with Crippen molar-refractivity contribution in [3.63, 3.8) is 0 Å². The molecule has 0 spiro atoms. The third-order valence-corrected chi connectivity index (χ3v) is 2.49. The Morgan fingerprint density at radius 1 is 1.39 bits per heavy atom. The van der Waals surface area contributed by atoms with Gasteiger partial charge in [-0.1, -0.05) is 6.92 Å². The minimum Gasteiger partial charge on any atom is -0.469 e. The molecule has 0 aromatic carbocycles. The summed E-state index contributed by atoms with van der Waals surface area (Å²) in [4.78, 5) is 19.6. The highest BCUT2D eigenvalue weighted by molar-refractivity contribution is 5.70. The molecule has 0 aliphatic rings. The highest BCUT2D eigenvalue weighted by Gasteiger charge is 2.09. The lowest BCUT2D eigenvalue weighted by Crippen LogP contribution is -2.16. The Kier molecular flexibility index (Phi) is 5.31. The van der Waals surface area contributed by atoms with Gasteiger partial charge in [0.25, 0.3) is 0 Å². The summed E-state index contributed by atoms with van der Waals surface area (Å²) in [6, 6.07) is 0. The van der Waals surface area contributed by atoms with E-state index in [-0.39, 0.29) is 12.4 Å². The molecule has 0 unspecified atom stereocenters. The summed E-state index contributed by atoms with van der Waals surface area (Å²) in [6.07, 6.45) is 0.993. The largest absolute Gasteiger partial charge is 0.469 e. The van der Waals surface area contributed by atoms with Crippen LogP contribution in [0.2, 0.25) is 0 Å². The molecule has 0 saturated carbocycles. The number of hydrogen-bond donors (Lipinski definition) is 3. The highest BCUT2D eigenvalue weighted by Crippen LogP contribution is 2.19. The van der Waals surface area contributed by atoms with Gasteiger partial charge in [-0.3, -0.25) is 4.79 Å². The zero-order chi connectivity index (χ0) is 13.5. The molecule has 7 heteroatoms. The number of esters is 1. The fraction of sp³-hybridized carbons (Fsp3) is 0.545. The molecule has 0 bridgehead atoms. The molecule has 0 aliphatic heterocycles. The van der Waals surface area contributed by atoms with Gasteiger partial charge in [0.05, 0.1) is 13.5 Å². The Morgan fingerprint density at radius 3 is 2.61 bits per heavy atom. The number of carbonyl (C=O) groups excluding carboxylic acids is 1. The Hall–Kier alpha value is -1.89. The van der Waals surface area contributed by atoms with Gasteiger partial charge in [-0.05, 0) is 6.92 Å². The number of nitrogens with two attached hydrogens (primary N) is 1. The first-order valence-corrected chi connectivity index (χ1v) is 5.77. The third kappa shape index (κ3) is 3.56. The zero-order valence-electron chi connectivity index (χ0n) is 10.9. The fourth-order valence-electron chi connectivity index (χ4n) is 1.42. The Labute approximate surface area is 106 Å². The predicted molar refractivity (Wildman–Crippen MR) is 69.1 cm³/mol. The van der Waals surface area contributed by atoms with Crippen LogP contribution in [0.5, 0.6) is 0 Å².